The Bertz CT molecular complexity index is 692. The summed E-state index contributed by atoms with van der Waals surface area (Å²) in [5.74, 6) is -0.597. The lowest BCUT2D eigenvalue weighted by atomic mass is 9.92. The van der Waals surface area contributed by atoms with Gasteiger partial charge in [0.2, 0.25) is 10.4 Å². The number of rotatable bonds is 4. The van der Waals surface area contributed by atoms with Crippen molar-refractivity contribution in [2.24, 2.45) is 5.92 Å². The van der Waals surface area contributed by atoms with Crippen molar-refractivity contribution in [1.82, 2.24) is 0 Å². The second-order valence-electron chi connectivity index (χ2n) is 5.34. The Labute approximate surface area is 123 Å². The third-order valence-electron chi connectivity index (χ3n) is 4.00. The lowest BCUT2D eigenvalue weighted by Crippen LogP contribution is -2.11. The number of aliphatic hydroxyl groups excluding tert-OH is 1. The fraction of sp³-hybridized carbons (Fsp3) is 0.500. The van der Waals surface area contributed by atoms with Gasteiger partial charge in [-0.05, 0) is 42.5 Å². The van der Waals surface area contributed by atoms with Crippen LogP contribution in [-0.4, -0.2) is 30.5 Å². The number of carbonyl (C=O) groups is 1. The first-order valence-electron chi connectivity index (χ1n) is 6.59. The molecule has 0 aromatic heterocycles. The van der Waals surface area contributed by atoms with E-state index >= 15 is 0 Å². The third kappa shape index (κ3) is 3.01. The van der Waals surface area contributed by atoms with Crippen LogP contribution in [0.5, 0.6) is 0 Å². The third-order valence-corrected chi connectivity index (χ3v) is 4.45. The minimum atomic E-state index is -4.72. The quantitative estimate of drug-likeness (QED) is 0.661. The average molecular weight is 313 g/mol. The van der Waals surface area contributed by atoms with E-state index in [1.807, 2.05) is 6.92 Å². The van der Waals surface area contributed by atoms with Gasteiger partial charge in [-0.25, -0.2) is 8.42 Å². The Balaban J connectivity index is 2.36. The van der Waals surface area contributed by atoms with Gasteiger partial charge in [0.05, 0.1) is 12.7 Å². The fourth-order valence-electron chi connectivity index (χ4n) is 2.89. The highest BCUT2D eigenvalue weighted by Gasteiger charge is 2.37. The van der Waals surface area contributed by atoms with Gasteiger partial charge in [0.15, 0.2) is 5.78 Å². The molecule has 2 rings (SSSR count). The lowest BCUT2D eigenvalue weighted by Gasteiger charge is -2.15. The molecule has 116 valence electrons. The Morgan fingerprint density at radius 1 is 1.38 bits per heavy atom. The number of aryl methyl sites for hydroxylation is 1. The summed E-state index contributed by atoms with van der Waals surface area (Å²) in [6, 6.07) is 1.75. The van der Waals surface area contributed by atoms with E-state index in [9.17, 15) is 22.9 Å². The van der Waals surface area contributed by atoms with Crippen molar-refractivity contribution in [2.75, 3.05) is 6.61 Å². The molecule has 0 spiro atoms. The topological polar surface area (TPSA) is 104 Å². The molecule has 7 heteroatoms. The van der Waals surface area contributed by atoms with Crippen LogP contribution in [0, 0.1) is 19.8 Å². The summed E-state index contributed by atoms with van der Waals surface area (Å²) in [5, 5.41) is 10.1. The lowest BCUT2D eigenvalue weighted by molar-refractivity contribution is 0.0790. The summed E-state index contributed by atoms with van der Waals surface area (Å²) in [6.07, 6.45) is -0.596. The Morgan fingerprint density at radius 2 is 2.00 bits per heavy atom. The van der Waals surface area contributed by atoms with Gasteiger partial charge in [-0.2, -0.15) is 0 Å². The molecule has 0 saturated heterocycles. The van der Waals surface area contributed by atoms with Crippen LogP contribution in [0.25, 0.3) is 0 Å². The maximum absolute atomic E-state index is 12.2. The van der Waals surface area contributed by atoms with Crippen LogP contribution >= 0.6 is 0 Å². The van der Waals surface area contributed by atoms with E-state index in [2.05, 4.69) is 4.18 Å². The summed E-state index contributed by atoms with van der Waals surface area (Å²) < 4.78 is 35.6. The van der Waals surface area contributed by atoms with E-state index in [0.29, 0.717) is 16.7 Å². The molecule has 0 saturated carbocycles. The minimum Gasteiger partial charge on any atom is -0.726 e. The molecule has 1 N–H and O–H groups in total. The molecule has 6 nitrogen and oxygen atoms in total. The second kappa shape index (κ2) is 5.49. The molecule has 0 aliphatic heterocycles. The van der Waals surface area contributed by atoms with E-state index in [1.165, 1.54) is 0 Å². The molecule has 1 aromatic rings. The first-order valence-corrected chi connectivity index (χ1v) is 7.92. The van der Waals surface area contributed by atoms with E-state index in [0.717, 1.165) is 11.1 Å². The average Bonchev–Trinajstić information content (AvgIpc) is 2.57. The van der Waals surface area contributed by atoms with Crippen molar-refractivity contribution in [1.29, 1.82) is 0 Å². The highest BCUT2D eigenvalue weighted by molar-refractivity contribution is 7.80. The summed E-state index contributed by atoms with van der Waals surface area (Å²) in [6.45, 7) is 4.98. The molecule has 0 amide bonds. The maximum Gasteiger partial charge on any atom is 0.217 e. The van der Waals surface area contributed by atoms with E-state index in [1.54, 1.807) is 19.9 Å². The van der Waals surface area contributed by atoms with Crippen molar-refractivity contribution < 1.29 is 27.1 Å². The molecule has 2 atom stereocenters. The second-order valence-corrected chi connectivity index (χ2v) is 6.39. The molecule has 1 aliphatic rings. The molecule has 21 heavy (non-hydrogen) atoms. The van der Waals surface area contributed by atoms with Gasteiger partial charge in [-0.1, -0.05) is 13.0 Å². The van der Waals surface area contributed by atoms with Gasteiger partial charge >= 0.3 is 0 Å². The highest BCUT2D eigenvalue weighted by Crippen LogP contribution is 2.39. The zero-order valence-corrected chi connectivity index (χ0v) is 12.9. The van der Waals surface area contributed by atoms with Gasteiger partial charge < -0.3 is 9.66 Å². The van der Waals surface area contributed by atoms with Gasteiger partial charge in [0.1, 0.15) is 0 Å². The molecule has 0 fully saturated rings. The van der Waals surface area contributed by atoms with Gasteiger partial charge in [0, 0.05) is 11.5 Å². The number of fused-ring (bicyclic) bond motifs is 1. The minimum absolute atomic E-state index is 0.117. The largest absolute Gasteiger partial charge is 0.726 e. The molecular formula is C14H17O6S-. The maximum atomic E-state index is 12.2. The van der Waals surface area contributed by atoms with Crippen LogP contribution < -0.4 is 0 Å². The van der Waals surface area contributed by atoms with Crippen LogP contribution in [0.1, 0.15) is 45.6 Å². The number of hydrogen-bond acceptors (Lipinski definition) is 6. The van der Waals surface area contributed by atoms with E-state index in [4.69, 9.17) is 0 Å². The molecule has 0 bridgehead atoms. The van der Waals surface area contributed by atoms with Crippen LogP contribution in [-0.2, 0) is 21.0 Å². The van der Waals surface area contributed by atoms with Crippen molar-refractivity contribution in [3.8, 4) is 0 Å². The normalized spacial score (nSPS) is 21.7. The molecule has 0 radical (unpaired) electrons. The predicted molar refractivity (Wildman–Crippen MR) is 73.7 cm³/mol. The first kappa shape index (κ1) is 16.1. The van der Waals surface area contributed by atoms with Gasteiger partial charge in [0.25, 0.3) is 0 Å². The summed E-state index contributed by atoms with van der Waals surface area (Å²) in [7, 11) is -4.72. The van der Waals surface area contributed by atoms with Crippen LogP contribution in [0.4, 0.5) is 0 Å². The standard InChI is InChI=1S/C14H18O6S/c1-7-6-11-12(14(16)9(3)13(11)15)8(2)10(7)4-5-20-21(17,18)19/h6,9,13,15H,4-5H2,1-3H3,(H,17,18,19)/p-1/t9-,13-/m0/s1. The SMILES string of the molecule is Cc1cc2c(c(C)c1CCOS(=O)(=O)[O-])C(=O)[C@@H](C)[C@@H]2O. The highest BCUT2D eigenvalue weighted by atomic mass is 32.3. The summed E-state index contributed by atoms with van der Waals surface area (Å²) in [5.41, 5.74) is 3.43. The van der Waals surface area contributed by atoms with Gasteiger partial charge in [-0.15, -0.1) is 0 Å². The van der Waals surface area contributed by atoms with Crippen LogP contribution in [0.3, 0.4) is 0 Å². The fourth-order valence-corrected chi connectivity index (χ4v) is 3.17. The number of hydrogen-bond donors (Lipinski definition) is 1. The summed E-state index contributed by atoms with van der Waals surface area (Å²) in [4.78, 5) is 12.2. The zero-order chi connectivity index (χ0) is 15.9. The smallest absolute Gasteiger partial charge is 0.217 e. The number of aliphatic hydroxyl groups is 1. The van der Waals surface area contributed by atoms with Crippen LogP contribution in [0.15, 0.2) is 6.07 Å². The molecule has 0 heterocycles. The number of ketones is 1. The zero-order valence-electron chi connectivity index (χ0n) is 12.0. The van der Waals surface area contributed by atoms with Crippen molar-refractivity contribution in [3.05, 3.63) is 33.9 Å². The van der Waals surface area contributed by atoms with Gasteiger partial charge in [-0.3, -0.25) is 8.98 Å². The molecule has 1 aliphatic carbocycles. The molecule has 0 unspecified atom stereocenters. The van der Waals surface area contributed by atoms with Crippen molar-refractivity contribution in [3.63, 3.8) is 0 Å². The number of Topliss-reactive ketones (excluding diaryl/α,β-unsaturated/α-hetero) is 1. The van der Waals surface area contributed by atoms with E-state index in [-0.39, 0.29) is 18.8 Å². The van der Waals surface area contributed by atoms with Crippen molar-refractivity contribution >= 4 is 16.2 Å². The Morgan fingerprint density at radius 3 is 2.57 bits per heavy atom. The number of benzene rings is 1. The van der Waals surface area contributed by atoms with Crippen molar-refractivity contribution in [2.45, 2.75) is 33.3 Å². The number of carbonyl (C=O) groups excluding carboxylic acids is 1. The molecular weight excluding hydrogens is 296 g/mol. The monoisotopic (exact) mass is 313 g/mol. The summed E-state index contributed by atoms with van der Waals surface area (Å²) >= 11 is 0. The predicted octanol–water partition coefficient (Wildman–Crippen LogP) is 1.19. The Hall–Kier alpha value is -1.28. The van der Waals surface area contributed by atoms with Crippen LogP contribution in [0.2, 0.25) is 0 Å². The van der Waals surface area contributed by atoms with E-state index < -0.39 is 22.4 Å². The Kier molecular flexibility index (Phi) is 4.21. The molecule has 1 aromatic carbocycles. The first-order chi connectivity index (χ1) is 9.63.